The Labute approximate surface area is 267 Å². The number of amides is 1. The summed E-state index contributed by atoms with van der Waals surface area (Å²) in [5.74, 6) is 0.460. The topological polar surface area (TPSA) is 111 Å². The zero-order valence-corrected chi connectivity index (χ0v) is 25.8. The van der Waals surface area contributed by atoms with Crippen molar-refractivity contribution in [1.29, 1.82) is 0 Å². The Morgan fingerprint density at radius 3 is 2.54 bits per heavy atom. The standard InChI is InChI=1S/C37H36N2O7/c1-24(39(36(40)20-29(43-2)21-37(41)42)22-25-14-15-26-8-3-4-9-27(26)18-25)30(28-16-17-33-34(19-28)45-23-44-33)10-7-13-35-38-31-11-5-6-12-32(31)46-35/h3-9,11-19,24,29-30H,10,20-23H2,1-2H3,(H,41,42)/b13-7+. The Kier molecular flexibility index (Phi) is 9.30. The number of hydrogen-bond donors (Lipinski definition) is 1. The summed E-state index contributed by atoms with van der Waals surface area (Å²) in [6.07, 6.45) is 3.35. The molecule has 9 heteroatoms. The third-order valence-corrected chi connectivity index (χ3v) is 8.48. The van der Waals surface area contributed by atoms with Gasteiger partial charge in [-0.15, -0.1) is 0 Å². The molecule has 0 saturated heterocycles. The molecule has 1 N–H and O–H groups in total. The van der Waals surface area contributed by atoms with Gasteiger partial charge in [-0.05, 0) is 71.7 Å². The molecule has 1 aromatic heterocycles. The molecule has 0 fully saturated rings. The maximum Gasteiger partial charge on any atom is 0.305 e. The summed E-state index contributed by atoms with van der Waals surface area (Å²) in [7, 11) is 1.43. The van der Waals surface area contributed by atoms with E-state index in [4.69, 9.17) is 18.6 Å². The van der Waals surface area contributed by atoms with Crippen LogP contribution in [0.1, 0.15) is 49.1 Å². The zero-order valence-electron chi connectivity index (χ0n) is 25.8. The van der Waals surface area contributed by atoms with Gasteiger partial charge < -0.3 is 28.6 Å². The molecule has 9 nitrogen and oxygen atoms in total. The van der Waals surface area contributed by atoms with E-state index >= 15 is 0 Å². The van der Waals surface area contributed by atoms with Crippen LogP contribution in [0.4, 0.5) is 0 Å². The zero-order chi connectivity index (χ0) is 32.0. The van der Waals surface area contributed by atoms with E-state index in [1.165, 1.54) is 7.11 Å². The molecular weight excluding hydrogens is 584 g/mol. The quantitative estimate of drug-likeness (QED) is 0.147. The lowest BCUT2D eigenvalue weighted by Crippen LogP contribution is -2.43. The van der Waals surface area contributed by atoms with E-state index in [0.717, 1.165) is 27.4 Å². The Morgan fingerprint density at radius 1 is 0.957 bits per heavy atom. The lowest BCUT2D eigenvalue weighted by molar-refractivity contribution is -0.142. The van der Waals surface area contributed by atoms with Crippen molar-refractivity contribution < 1.29 is 33.3 Å². The van der Waals surface area contributed by atoms with Crippen LogP contribution < -0.4 is 9.47 Å². The smallest absolute Gasteiger partial charge is 0.305 e. The van der Waals surface area contributed by atoms with Crippen molar-refractivity contribution in [1.82, 2.24) is 9.88 Å². The molecule has 0 aliphatic carbocycles. The third kappa shape index (κ3) is 7.05. The van der Waals surface area contributed by atoms with Crippen LogP contribution in [-0.4, -0.2) is 52.9 Å². The molecule has 3 atom stereocenters. The van der Waals surface area contributed by atoms with Gasteiger partial charge in [-0.25, -0.2) is 4.98 Å². The molecule has 6 rings (SSSR count). The van der Waals surface area contributed by atoms with Crippen molar-refractivity contribution in [2.24, 2.45) is 0 Å². The first kappa shape index (κ1) is 30.9. The van der Waals surface area contributed by atoms with Gasteiger partial charge in [0.15, 0.2) is 17.1 Å². The van der Waals surface area contributed by atoms with Gasteiger partial charge in [-0.3, -0.25) is 9.59 Å². The summed E-state index contributed by atoms with van der Waals surface area (Å²) < 4.78 is 22.6. The van der Waals surface area contributed by atoms with Gasteiger partial charge in [0.25, 0.3) is 0 Å². The third-order valence-electron chi connectivity index (χ3n) is 8.48. The second-order valence-corrected chi connectivity index (χ2v) is 11.5. The van der Waals surface area contributed by atoms with Crippen LogP contribution in [0.15, 0.2) is 95.4 Å². The van der Waals surface area contributed by atoms with Crippen molar-refractivity contribution in [2.45, 2.75) is 50.8 Å². The molecule has 0 saturated carbocycles. The second-order valence-electron chi connectivity index (χ2n) is 11.5. The van der Waals surface area contributed by atoms with Gasteiger partial charge in [0.05, 0.1) is 18.9 Å². The fourth-order valence-corrected chi connectivity index (χ4v) is 5.99. The Bertz CT molecular complexity index is 1850. The summed E-state index contributed by atoms with van der Waals surface area (Å²) in [6, 6.07) is 27.4. The highest BCUT2D eigenvalue weighted by atomic mass is 16.7. The van der Waals surface area contributed by atoms with Crippen LogP contribution in [-0.2, 0) is 20.9 Å². The number of carbonyl (C=O) groups excluding carboxylic acids is 1. The Balaban J connectivity index is 1.34. The SMILES string of the molecule is COC(CC(=O)O)CC(=O)N(Cc1ccc2ccccc2c1)C(C)C(C/C=C/c1nc2ccccc2o1)c1ccc2c(c1)OCO2. The van der Waals surface area contributed by atoms with Crippen molar-refractivity contribution >= 4 is 39.8 Å². The molecule has 236 valence electrons. The number of aromatic nitrogens is 1. The molecular formula is C37H36N2O7. The van der Waals surface area contributed by atoms with Crippen LogP contribution in [0.25, 0.3) is 27.9 Å². The fourth-order valence-electron chi connectivity index (χ4n) is 5.99. The number of benzene rings is 4. The first-order valence-electron chi connectivity index (χ1n) is 15.3. The molecule has 1 aliphatic rings. The average molecular weight is 621 g/mol. The molecule has 2 heterocycles. The molecule has 0 radical (unpaired) electrons. The van der Waals surface area contributed by atoms with Gasteiger partial charge >= 0.3 is 5.97 Å². The van der Waals surface area contributed by atoms with Gasteiger partial charge in [0, 0.05) is 25.6 Å². The fraction of sp³-hybridized carbons (Fsp3) is 0.270. The number of ether oxygens (including phenoxy) is 3. The summed E-state index contributed by atoms with van der Waals surface area (Å²) in [6.45, 7) is 2.52. The largest absolute Gasteiger partial charge is 0.481 e. The average Bonchev–Trinajstić information content (AvgIpc) is 3.71. The summed E-state index contributed by atoms with van der Waals surface area (Å²) >= 11 is 0. The highest BCUT2D eigenvalue weighted by Gasteiger charge is 2.31. The predicted octanol–water partition coefficient (Wildman–Crippen LogP) is 7.19. The van der Waals surface area contributed by atoms with Gasteiger partial charge in [-0.1, -0.05) is 60.7 Å². The van der Waals surface area contributed by atoms with Crippen molar-refractivity contribution in [2.75, 3.05) is 13.9 Å². The normalized spacial score (nSPS) is 14.5. The number of fused-ring (bicyclic) bond motifs is 3. The summed E-state index contributed by atoms with van der Waals surface area (Å²) in [5.41, 5.74) is 3.44. The number of oxazole rings is 1. The van der Waals surface area contributed by atoms with Gasteiger partial charge in [-0.2, -0.15) is 0 Å². The number of nitrogens with zero attached hydrogens (tertiary/aromatic N) is 2. The van der Waals surface area contributed by atoms with Crippen molar-refractivity contribution in [3.8, 4) is 11.5 Å². The first-order chi connectivity index (χ1) is 22.4. The number of carboxylic acids is 1. The van der Waals surface area contributed by atoms with Crippen LogP contribution in [0.5, 0.6) is 11.5 Å². The number of rotatable bonds is 13. The molecule has 0 spiro atoms. The van der Waals surface area contributed by atoms with Crippen LogP contribution in [0, 0.1) is 0 Å². The number of methoxy groups -OCH3 is 1. The van der Waals surface area contributed by atoms with Gasteiger partial charge in [0.2, 0.25) is 18.6 Å². The molecule has 4 aromatic carbocycles. The highest BCUT2D eigenvalue weighted by Crippen LogP contribution is 2.38. The second kappa shape index (κ2) is 13.9. The minimum Gasteiger partial charge on any atom is -0.481 e. The van der Waals surface area contributed by atoms with Crippen LogP contribution >= 0.6 is 0 Å². The first-order valence-corrected chi connectivity index (χ1v) is 15.3. The number of aliphatic carboxylic acids is 1. The lowest BCUT2D eigenvalue weighted by Gasteiger charge is -2.36. The molecule has 46 heavy (non-hydrogen) atoms. The van der Waals surface area contributed by atoms with Crippen LogP contribution in [0.3, 0.4) is 0 Å². The minimum atomic E-state index is -1.02. The lowest BCUT2D eigenvalue weighted by atomic mass is 9.87. The molecule has 1 aliphatic heterocycles. The van der Waals surface area contributed by atoms with E-state index in [-0.39, 0.29) is 37.5 Å². The number of carboxylic acid groups (broad SMARTS) is 1. The van der Waals surface area contributed by atoms with Crippen molar-refractivity contribution in [3.05, 3.63) is 108 Å². The maximum absolute atomic E-state index is 14.1. The Hall–Kier alpha value is -5.15. The minimum absolute atomic E-state index is 0.0622. The molecule has 5 aromatic rings. The van der Waals surface area contributed by atoms with E-state index in [1.54, 1.807) is 0 Å². The van der Waals surface area contributed by atoms with E-state index in [0.29, 0.717) is 35.9 Å². The van der Waals surface area contributed by atoms with Gasteiger partial charge in [0.1, 0.15) is 5.52 Å². The number of hydrogen-bond acceptors (Lipinski definition) is 7. The van der Waals surface area contributed by atoms with E-state index in [1.807, 2.05) is 84.6 Å². The van der Waals surface area contributed by atoms with E-state index in [2.05, 4.69) is 29.2 Å². The van der Waals surface area contributed by atoms with Crippen molar-refractivity contribution in [3.63, 3.8) is 0 Å². The van der Waals surface area contributed by atoms with E-state index < -0.39 is 12.1 Å². The molecule has 1 amide bonds. The molecule has 0 bridgehead atoms. The van der Waals surface area contributed by atoms with E-state index in [9.17, 15) is 14.7 Å². The molecule has 3 unspecified atom stereocenters. The highest BCUT2D eigenvalue weighted by molar-refractivity contribution is 5.83. The number of para-hydroxylation sites is 2. The summed E-state index contributed by atoms with van der Waals surface area (Å²) in [4.78, 5) is 32.0. The monoisotopic (exact) mass is 620 g/mol. The predicted molar refractivity (Wildman–Crippen MR) is 175 cm³/mol. The van der Waals surface area contributed by atoms with Crippen LogP contribution in [0.2, 0.25) is 0 Å². The number of carbonyl (C=O) groups is 2. The maximum atomic E-state index is 14.1. The number of allylic oxidation sites excluding steroid dienone is 1. The summed E-state index contributed by atoms with van der Waals surface area (Å²) in [5, 5.41) is 11.6. The Morgan fingerprint density at radius 2 is 1.74 bits per heavy atom.